The summed E-state index contributed by atoms with van der Waals surface area (Å²) in [4.78, 5) is 62.4. The first-order chi connectivity index (χ1) is 26.1. The van der Waals surface area contributed by atoms with E-state index in [9.17, 15) is 19.2 Å². The van der Waals surface area contributed by atoms with Gasteiger partial charge in [-0.1, -0.05) is 0 Å². The van der Waals surface area contributed by atoms with Gasteiger partial charge in [0.05, 0.1) is 5.69 Å². The molecular weight excluding hydrogens is 695 g/mol. The molecule has 0 bridgehead atoms. The van der Waals surface area contributed by atoms with Crippen LogP contribution in [0, 0.1) is 11.7 Å². The van der Waals surface area contributed by atoms with Crippen molar-refractivity contribution in [1.82, 2.24) is 30.7 Å². The van der Waals surface area contributed by atoms with Crippen molar-refractivity contribution in [2.24, 2.45) is 11.7 Å². The summed E-state index contributed by atoms with van der Waals surface area (Å²) in [6.07, 6.45) is 4.12. The third kappa shape index (κ3) is 8.62. The lowest BCUT2D eigenvalue weighted by Gasteiger charge is -2.40. The number of rotatable bonds is 10. The van der Waals surface area contributed by atoms with Gasteiger partial charge in [0.25, 0.3) is 5.91 Å². The van der Waals surface area contributed by atoms with E-state index in [0.29, 0.717) is 56.4 Å². The molecule has 4 fully saturated rings. The van der Waals surface area contributed by atoms with Crippen LogP contribution in [0.3, 0.4) is 0 Å². The van der Waals surface area contributed by atoms with Crippen molar-refractivity contribution in [1.29, 1.82) is 0 Å². The highest BCUT2D eigenvalue weighted by Crippen LogP contribution is 2.30. The molecule has 3 aromatic rings. The Morgan fingerprint density at radius 2 is 1.63 bits per heavy atom. The number of imide groups is 1. The molecule has 4 saturated heterocycles. The molecular formula is C37H47FN12O4. The molecule has 0 spiro atoms. The number of primary amides is 1. The Hall–Kier alpha value is -5.58. The number of piperazine rings is 1. The van der Waals surface area contributed by atoms with Gasteiger partial charge in [-0.15, -0.1) is 10.2 Å². The van der Waals surface area contributed by atoms with Crippen LogP contribution in [0.15, 0.2) is 42.5 Å². The summed E-state index contributed by atoms with van der Waals surface area (Å²) in [6.45, 7) is 9.04. The second-order valence-corrected chi connectivity index (χ2v) is 14.4. The fourth-order valence-corrected chi connectivity index (χ4v) is 7.81. The number of halogens is 1. The van der Waals surface area contributed by atoms with E-state index in [1.54, 1.807) is 17.0 Å². The van der Waals surface area contributed by atoms with Crippen LogP contribution < -0.4 is 41.3 Å². The molecule has 5 N–H and O–H groups in total. The smallest absolute Gasteiger partial charge is 0.328 e. The number of piperidine rings is 2. The normalized spacial score (nSPS) is 20.1. The Morgan fingerprint density at radius 1 is 0.889 bits per heavy atom. The van der Waals surface area contributed by atoms with Gasteiger partial charge in [0.1, 0.15) is 5.82 Å². The Kier molecular flexibility index (Phi) is 11.0. The number of nitrogens with zero attached hydrogens (tertiary/aromatic N) is 8. The highest BCUT2D eigenvalue weighted by atomic mass is 19.1. The van der Waals surface area contributed by atoms with E-state index in [-0.39, 0.29) is 47.2 Å². The minimum atomic E-state index is -0.809. The van der Waals surface area contributed by atoms with Crippen LogP contribution in [0.2, 0.25) is 0 Å². The fraction of sp³-hybridized carbons (Fsp3) is 0.486. The zero-order chi connectivity index (χ0) is 37.8. The maximum absolute atomic E-state index is 15.6. The number of aromatic nitrogens is 3. The average Bonchev–Trinajstić information content (AvgIpc) is 3.15. The van der Waals surface area contributed by atoms with E-state index < -0.39 is 5.91 Å². The quantitative estimate of drug-likeness (QED) is 0.238. The molecule has 5 heterocycles. The maximum Gasteiger partial charge on any atom is 0.328 e. The number of urea groups is 1. The van der Waals surface area contributed by atoms with Crippen LogP contribution in [0.25, 0.3) is 0 Å². The SMILES string of the molecule is CC(=O)NC1CCCN(c2nnc(C(N)=O)c(Nc3ccc(N4CCN(CC5CCN(c6ccc(N7CCC(=O)NC7=O)cc6)CC5)CC4)c(F)c3)n2)C1. The number of nitrogens with one attached hydrogen (secondary N) is 3. The van der Waals surface area contributed by atoms with Crippen LogP contribution in [-0.4, -0.2) is 115 Å². The zero-order valence-corrected chi connectivity index (χ0v) is 30.5. The molecule has 4 aliphatic rings. The van der Waals surface area contributed by atoms with E-state index in [1.807, 2.05) is 29.2 Å². The monoisotopic (exact) mass is 742 g/mol. The van der Waals surface area contributed by atoms with Crippen molar-refractivity contribution in [2.45, 2.75) is 45.1 Å². The number of carbonyl (C=O) groups excluding carboxylic acids is 4. The first-order valence-electron chi connectivity index (χ1n) is 18.7. The number of nitrogens with two attached hydrogens (primary N) is 1. The van der Waals surface area contributed by atoms with Crippen LogP contribution in [0.4, 0.5) is 43.7 Å². The van der Waals surface area contributed by atoms with Gasteiger partial charge in [0, 0.05) is 102 Å². The van der Waals surface area contributed by atoms with E-state index >= 15 is 4.39 Å². The van der Waals surface area contributed by atoms with Crippen molar-refractivity contribution in [3.05, 3.63) is 54.0 Å². The van der Waals surface area contributed by atoms with Gasteiger partial charge < -0.3 is 31.1 Å². The molecule has 1 atom stereocenters. The van der Waals surface area contributed by atoms with Crippen LogP contribution in [0.5, 0.6) is 0 Å². The third-order valence-electron chi connectivity index (χ3n) is 10.7. The number of amides is 5. The Labute approximate surface area is 313 Å². The summed E-state index contributed by atoms with van der Waals surface area (Å²) in [5.74, 6) is -0.593. The summed E-state index contributed by atoms with van der Waals surface area (Å²) >= 11 is 0. The topological polar surface area (TPSA) is 185 Å². The van der Waals surface area contributed by atoms with Gasteiger partial charge in [0.2, 0.25) is 17.8 Å². The Balaban J connectivity index is 0.894. The molecule has 54 heavy (non-hydrogen) atoms. The Morgan fingerprint density at radius 3 is 2.31 bits per heavy atom. The van der Waals surface area contributed by atoms with Crippen molar-refractivity contribution in [2.75, 3.05) is 90.4 Å². The van der Waals surface area contributed by atoms with Gasteiger partial charge >= 0.3 is 6.03 Å². The summed E-state index contributed by atoms with van der Waals surface area (Å²) in [7, 11) is 0. The van der Waals surface area contributed by atoms with Crippen molar-refractivity contribution in [3.63, 3.8) is 0 Å². The first-order valence-corrected chi connectivity index (χ1v) is 18.7. The molecule has 286 valence electrons. The molecule has 16 nitrogen and oxygen atoms in total. The van der Waals surface area contributed by atoms with E-state index in [0.717, 1.165) is 69.8 Å². The minimum absolute atomic E-state index is 0.0562. The first kappa shape index (κ1) is 36.8. The predicted molar refractivity (Wildman–Crippen MR) is 203 cm³/mol. The van der Waals surface area contributed by atoms with E-state index in [4.69, 9.17) is 5.73 Å². The third-order valence-corrected chi connectivity index (χ3v) is 10.7. The van der Waals surface area contributed by atoms with Crippen molar-refractivity contribution in [3.8, 4) is 0 Å². The summed E-state index contributed by atoms with van der Waals surface area (Å²) < 4.78 is 15.6. The summed E-state index contributed by atoms with van der Waals surface area (Å²) in [5, 5.41) is 16.5. The van der Waals surface area contributed by atoms with Crippen LogP contribution in [-0.2, 0) is 9.59 Å². The lowest BCUT2D eigenvalue weighted by atomic mass is 9.95. The molecule has 1 unspecified atom stereocenters. The van der Waals surface area contributed by atoms with Gasteiger partial charge in [-0.25, -0.2) is 9.18 Å². The van der Waals surface area contributed by atoms with Gasteiger partial charge in [-0.05, 0) is 74.1 Å². The summed E-state index contributed by atoms with van der Waals surface area (Å²) in [6, 6.07) is 12.4. The second kappa shape index (κ2) is 16.2. The van der Waals surface area contributed by atoms with Gasteiger partial charge in [-0.2, -0.15) is 4.98 Å². The zero-order valence-electron chi connectivity index (χ0n) is 30.5. The largest absolute Gasteiger partial charge is 0.372 e. The van der Waals surface area contributed by atoms with Gasteiger partial charge in [0.15, 0.2) is 11.5 Å². The second-order valence-electron chi connectivity index (χ2n) is 14.4. The lowest BCUT2D eigenvalue weighted by Crippen LogP contribution is -2.49. The number of benzene rings is 2. The number of anilines is 6. The maximum atomic E-state index is 15.6. The fourth-order valence-electron chi connectivity index (χ4n) is 7.81. The summed E-state index contributed by atoms with van der Waals surface area (Å²) in [5.41, 5.74) is 8.24. The highest BCUT2D eigenvalue weighted by Gasteiger charge is 2.28. The molecule has 0 aliphatic carbocycles. The standard InChI is InChI=1S/C37H47FN12O4/c1-24(51)40-27-3-2-13-49(23-27)36-43-35(33(34(39)53)44-45-36)41-26-4-9-31(30(38)21-26)48-19-17-46(18-20-48)22-25-10-14-47(15-11-25)28-5-7-29(8-6-28)50-16-12-32(52)42-37(50)54/h4-9,21,25,27H,2-3,10-20,22-23H2,1H3,(H2,39,53)(H,40,51)(H,41,43,45)(H,42,52,54). The van der Waals surface area contributed by atoms with Crippen LogP contribution in [0.1, 0.15) is 49.5 Å². The van der Waals surface area contributed by atoms with Gasteiger partial charge in [-0.3, -0.25) is 29.5 Å². The molecule has 4 aliphatic heterocycles. The highest BCUT2D eigenvalue weighted by molar-refractivity contribution is 6.05. The number of carbonyl (C=O) groups is 4. The van der Waals surface area contributed by atoms with E-state index in [1.165, 1.54) is 13.0 Å². The lowest BCUT2D eigenvalue weighted by molar-refractivity contribution is -0.120. The van der Waals surface area contributed by atoms with E-state index in [2.05, 4.69) is 45.8 Å². The van der Waals surface area contributed by atoms with Crippen molar-refractivity contribution < 1.29 is 23.6 Å². The average molecular weight is 743 g/mol. The molecule has 1 aromatic heterocycles. The molecule has 17 heteroatoms. The molecule has 7 rings (SSSR count). The molecule has 5 amide bonds. The van der Waals surface area contributed by atoms with Crippen LogP contribution >= 0.6 is 0 Å². The molecule has 0 saturated carbocycles. The van der Waals surface area contributed by atoms with Crippen molar-refractivity contribution >= 4 is 58.3 Å². The predicted octanol–water partition coefficient (Wildman–Crippen LogP) is 2.44. The minimum Gasteiger partial charge on any atom is -0.372 e. The Bertz CT molecular complexity index is 1860. The molecule has 2 aromatic carbocycles. The number of hydrogen-bond acceptors (Lipinski definition) is 12. The molecule has 0 radical (unpaired) electrons. The number of hydrogen-bond donors (Lipinski definition) is 4.